The molecule has 0 unspecified atom stereocenters. The average molecular weight is 700 g/mol. The van der Waals surface area contributed by atoms with Gasteiger partial charge in [0.15, 0.2) is 17.5 Å². The lowest BCUT2D eigenvalue weighted by Gasteiger charge is -2.30. The predicted molar refractivity (Wildman–Crippen MR) is 223 cm³/mol. The molecule has 3 heteroatoms. The third-order valence-corrected chi connectivity index (χ3v) is 11.4. The second-order valence-electron chi connectivity index (χ2n) is 14.3. The third kappa shape index (κ3) is 4.73. The molecule has 0 saturated carbocycles. The zero-order valence-corrected chi connectivity index (χ0v) is 29.9. The number of aromatic nitrogens is 3. The SMILES string of the molecule is c1ccc(-c2ccc(-c3nc(-c4ccccc4)nc(-c4ccccc4-c4cccc5c4-c4ccccc4C54c5ccccc5-c5ccccc54)n3)cc2)cc1. The molecule has 9 aromatic rings. The maximum absolute atomic E-state index is 5.23. The van der Waals surface area contributed by atoms with E-state index in [1.165, 1.54) is 50.1 Å². The summed E-state index contributed by atoms with van der Waals surface area (Å²) in [6.07, 6.45) is 0. The lowest BCUT2D eigenvalue weighted by Crippen LogP contribution is -2.25. The molecule has 1 spiro atoms. The van der Waals surface area contributed by atoms with Gasteiger partial charge in [-0.3, -0.25) is 0 Å². The minimum atomic E-state index is -0.420. The van der Waals surface area contributed by atoms with Crippen LogP contribution in [0.25, 0.3) is 78.7 Å². The first kappa shape index (κ1) is 31.3. The van der Waals surface area contributed by atoms with Gasteiger partial charge in [0.05, 0.1) is 5.41 Å². The van der Waals surface area contributed by atoms with E-state index in [4.69, 9.17) is 15.0 Å². The Morgan fingerprint density at radius 2 is 0.618 bits per heavy atom. The van der Waals surface area contributed by atoms with Gasteiger partial charge in [-0.05, 0) is 66.8 Å². The molecule has 1 heterocycles. The number of nitrogens with zero attached hydrogens (tertiary/aromatic N) is 3. The van der Waals surface area contributed by atoms with Crippen molar-refractivity contribution in [2.45, 2.75) is 5.41 Å². The highest BCUT2D eigenvalue weighted by Gasteiger charge is 2.52. The molecule has 0 radical (unpaired) electrons. The van der Waals surface area contributed by atoms with Crippen LogP contribution in [0.5, 0.6) is 0 Å². The normalized spacial score (nSPS) is 12.9. The van der Waals surface area contributed by atoms with E-state index in [1.807, 2.05) is 24.3 Å². The molecule has 2 aliphatic rings. The molecule has 55 heavy (non-hydrogen) atoms. The van der Waals surface area contributed by atoms with Crippen LogP contribution in [0.2, 0.25) is 0 Å². The number of rotatable bonds is 5. The van der Waals surface area contributed by atoms with E-state index in [9.17, 15) is 0 Å². The largest absolute Gasteiger partial charge is 0.208 e. The maximum Gasteiger partial charge on any atom is 0.164 e. The molecule has 2 aliphatic carbocycles. The molecule has 256 valence electrons. The smallest absolute Gasteiger partial charge is 0.164 e. The Bertz CT molecular complexity index is 2870. The first-order valence-electron chi connectivity index (χ1n) is 18.8. The lowest BCUT2D eigenvalue weighted by atomic mass is 9.70. The van der Waals surface area contributed by atoms with Crippen molar-refractivity contribution in [3.8, 4) is 78.7 Å². The highest BCUT2D eigenvalue weighted by atomic mass is 15.0. The monoisotopic (exact) mass is 699 g/mol. The van der Waals surface area contributed by atoms with Gasteiger partial charge in [0.25, 0.3) is 0 Å². The Labute approximate surface area is 320 Å². The van der Waals surface area contributed by atoms with E-state index in [0.717, 1.165) is 33.4 Å². The third-order valence-electron chi connectivity index (χ3n) is 11.4. The Hall–Kier alpha value is -7.23. The highest BCUT2D eigenvalue weighted by Crippen LogP contribution is 2.64. The molecule has 0 saturated heterocycles. The molecule has 0 atom stereocenters. The van der Waals surface area contributed by atoms with Crippen molar-refractivity contribution in [1.29, 1.82) is 0 Å². The average Bonchev–Trinajstić information content (AvgIpc) is 3.75. The molecule has 0 bridgehead atoms. The fraction of sp³-hybridized carbons (Fsp3) is 0.0192. The van der Waals surface area contributed by atoms with Crippen LogP contribution in [0.4, 0.5) is 0 Å². The van der Waals surface area contributed by atoms with Crippen LogP contribution in [0.15, 0.2) is 200 Å². The first-order valence-corrected chi connectivity index (χ1v) is 18.8. The topological polar surface area (TPSA) is 38.7 Å². The van der Waals surface area contributed by atoms with Gasteiger partial charge < -0.3 is 0 Å². The van der Waals surface area contributed by atoms with Crippen molar-refractivity contribution in [2.24, 2.45) is 0 Å². The lowest BCUT2D eigenvalue weighted by molar-refractivity contribution is 0.794. The van der Waals surface area contributed by atoms with E-state index in [2.05, 4.69) is 176 Å². The maximum atomic E-state index is 5.23. The van der Waals surface area contributed by atoms with E-state index < -0.39 is 5.41 Å². The number of benzene rings is 8. The minimum absolute atomic E-state index is 0.420. The van der Waals surface area contributed by atoms with Gasteiger partial charge in [-0.1, -0.05) is 200 Å². The van der Waals surface area contributed by atoms with Crippen molar-refractivity contribution >= 4 is 0 Å². The fourth-order valence-electron chi connectivity index (χ4n) is 9.07. The molecule has 0 fully saturated rings. The van der Waals surface area contributed by atoms with Crippen molar-refractivity contribution in [3.63, 3.8) is 0 Å². The minimum Gasteiger partial charge on any atom is -0.208 e. The van der Waals surface area contributed by atoms with Crippen LogP contribution < -0.4 is 0 Å². The second-order valence-corrected chi connectivity index (χ2v) is 14.3. The van der Waals surface area contributed by atoms with Crippen LogP contribution >= 0.6 is 0 Å². The van der Waals surface area contributed by atoms with Crippen molar-refractivity contribution in [2.75, 3.05) is 0 Å². The second kappa shape index (κ2) is 12.4. The van der Waals surface area contributed by atoms with E-state index in [0.29, 0.717) is 17.5 Å². The number of fused-ring (bicyclic) bond motifs is 10. The Morgan fingerprint density at radius 1 is 0.236 bits per heavy atom. The molecule has 1 aromatic heterocycles. The van der Waals surface area contributed by atoms with Crippen LogP contribution in [-0.4, -0.2) is 15.0 Å². The molecule has 3 nitrogen and oxygen atoms in total. The van der Waals surface area contributed by atoms with Gasteiger partial charge in [-0.2, -0.15) is 0 Å². The van der Waals surface area contributed by atoms with Gasteiger partial charge in [0, 0.05) is 16.7 Å². The van der Waals surface area contributed by atoms with Crippen LogP contribution in [0.1, 0.15) is 22.3 Å². The van der Waals surface area contributed by atoms with Crippen molar-refractivity contribution < 1.29 is 0 Å². The molecule has 8 aromatic carbocycles. The van der Waals surface area contributed by atoms with Gasteiger partial charge in [-0.25, -0.2) is 15.0 Å². The zero-order valence-electron chi connectivity index (χ0n) is 29.9. The highest BCUT2D eigenvalue weighted by molar-refractivity contribution is 6.01. The van der Waals surface area contributed by atoms with Crippen LogP contribution in [-0.2, 0) is 5.41 Å². The molecular formula is C52H33N3. The number of hydrogen-bond donors (Lipinski definition) is 0. The van der Waals surface area contributed by atoms with Crippen LogP contribution in [0, 0.1) is 0 Å². The van der Waals surface area contributed by atoms with Gasteiger partial charge >= 0.3 is 0 Å². The van der Waals surface area contributed by atoms with Crippen molar-refractivity contribution in [3.05, 3.63) is 222 Å². The Kier molecular flexibility index (Phi) is 7.08. The summed E-state index contributed by atoms with van der Waals surface area (Å²) in [4.78, 5) is 15.5. The Morgan fingerprint density at radius 3 is 1.24 bits per heavy atom. The van der Waals surface area contributed by atoms with Gasteiger partial charge in [0.2, 0.25) is 0 Å². The summed E-state index contributed by atoms with van der Waals surface area (Å²) in [6, 6.07) is 71.4. The Balaban J connectivity index is 1.12. The summed E-state index contributed by atoms with van der Waals surface area (Å²) in [7, 11) is 0. The van der Waals surface area contributed by atoms with Crippen molar-refractivity contribution in [1.82, 2.24) is 15.0 Å². The standard InChI is InChI=1S/C52H33N3/c1-3-16-34(17-4-1)35-30-32-37(33-31-35)50-53-49(36-18-5-2-6-19-36)54-51(55-50)42-23-8-7-20-38(42)41-25-15-29-47-48(41)43-24-11-14-28-46(43)52(47)44-26-12-9-21-39(44)40-22-10-13-27-45(40)52/h1-33H. The molecule has 0 N–H and O–H groups in total. The molecule has 0 amide bonds. The quantitative estimate of drug-likeness (QED) is 0.179. The summed E-state index contributed by atoms with van der Waals surface area (Å²) in [5.41, 5.74) is 17.4. The molecule has 11 rings (SSSR count). The van der Waals surface area contributed by atoms with Crippen LogP contribution in [0.3, 0.4) is 0 Å². The van der Waals surface area contributed by atoms with E-state index in [1.54, 1.807) is 0 Å². The number of hydrogen-bond acceptors (Lipinski definition) is 3. The zero-order chi connectivity index (χ0) is 36.3. The first-order chi connectivity index (χ1) is 27.3. The van der Waals surface area contributed by atoms with Gasteiger partial charge in [0.1, 0.15) is 0 Å². The molecular weight excluding hydrogens is 667 g/mol. The summed E-state index contributed by atoms with van der Waals surface area (Å²) in [6.45, 7) is 0. The van der Waals surface area contributed by atoms with E-state index in [-0.39, 0.29) is 0 Å². The molecule has 0 aliphatic heterocycles. The summed E-state index contributed by atoms with van der Waals surface area (Å²) in [5, 5.41) is 0. The summed E-state index contributed by atoms with van der Waals surface area (Å²) >= 11 is 0. The van der Waals surface area contributed by atoms with E-state index >= 15 is 0 Å². The summed E-state index contributed by atoms with van der Waals surface area (Å²) < 4.78 is 0. The fourth-order valence-corrected chi connectivity index (χ4v) is 9.07. The van der Waals surface area contributed by atoms with Gasteiger partial charge in [-0.15, -0.1) is 0 Å². The predicted octanol–water partition coefficient (Wildman–Crippen LogP) is 12.6. The summed E-state index contributed by atoms with van der Waals surface area (Å²) in [5.74, 6) is 1.92.